The van der Waals surface area contributed by atoms with Crippen LogP contribution in [0.2, 0.25) is 0 Å². The highest BCUT2D eigenvalue weighted by atomic mass is 16.2. The largest absolute Gasteiger partial charge is 0.337 e. The van der Waals surface area contributed by atoms with Gasteiger partial charge in [-0.25, -0.2) is 0 Å². The maximum Gasteiger partial charge on any atom is 0.253 e. The van der Waals surface area contributed by atoms with Crippen LogP contribution in [0.3, 0.4) is 0 Å². The number of carbonyl (C=O) groups is 2. The average Bonchev–Trinajstić information content (AvgIpc) is 2.74. The molecule has 0 atom stereocenters. The molecule has 0 spiro atoms. The van der Waals surface area contributed by atoms with Crippen LogP contribution in [0.1, 0.15) is 37.4 Å². The van der Waals surface area contributed by atoms with Gasteiger partial charge in [0.1, 0.15) is 0 Å². The highest BCUT2D eigenvalue weighted by molar-refractivity contribution is 6.09. The van der Waals surface area contributed by atoms with Gasteiger partial charge in [0.05, 0.1) is 11.6 Å². The second-order valence-electron chi connectivity index (χ2n) is 6.24. The Kier molecular flexibility index (Phi) is 5.44. The summed E-state index contributed by atoms with van der Waals surface area (Å²) in [5.41, 5.74) is 3.23. The zero-order chi connectivity index (χ0) is 19.2. The van der Waals surface area contributed by atoms with Crippen molar-refractivity contribution in [2.24, 2.45) is 0 Å². The summed E-state index contributed by atoms with van der Waals surface area (Å²) >= 11 is 0. The zero-order valence-corrected chi connectivity index (χ0v) is 14.9. The molecule has 3 aromatic carbocycles. The Morgan fingerprint density at radius 1 is 0.815 bits per heavy atom. The minimum atomic E-state index is -0.127. The Hall–Kier alpha value is -3.71. The number of nitrogens with zero attached hydrogens (tertiary/aromatic N) is 2. The molecule has 3 aromatic rings. The number of benzene rings is 3. The van der Waals surface area contributed by atoms with Crippen LogP contribution in [-0.4, -0.2) is 23.6 Å². The number of ketones is 1. The minimum absolute atomic E-state index is 0.0689. The highest BCUT2D eigenvalue weighted by Gasteiger charge is 2.14. The average molecular weight is 354 g/mol. The Morgan fingerprint density at radius 3 is 1.96 bits per heavy atom. The fourth-order valence-corrected chi connectivity index (χ4v) is 2.77. The quantitative estimate of drug-likeness (QED) is 0.649. The number of hydrogen-bond donors (Lipinski definition) is 0. The van der Waals surface area contributed by atoms with Crippen LogP contribution in [0, 0.1) is 11.3 Å². The molecular weight excluding hydrogens is 336 g/mol. The van der Waals surface area contributed by atoms with Gasteiger partial charge in [-0.3, -0.25) is 9.59 Å². The lowest BCUT2D eigenvalue weighted by Crippen LogP contribution is -2.26. The Balaban J connectivity index is 1.69. The summed E-state index contributed by atoms with van der Waals surface area (Å²) in [6, 6.07) is 25.0. The van der Waals surface area contributed by atoms with Crippen LogP contribution in [0.4, 0.5) is 0 Å². The van der Waals surface area contributed by atoms with Gasteiger partial charge in [-0.1, -0.05) is 54.6 Å². The molecular formula is C23H18N2O2. The van der Waals surface area contributed by atoms with E-state index in [4.69, 9.17) is 5.26 Å². The van der Waals surface area contributed by atoms with Crippen LogP contribution < -0.4 is 0 Å². The van der Waals surface area contributed by atoms with E-state index < -0.39 is 0 Å². The van der Waals surface area contributed by atoms with Crippen molar-refractivity contribution < 1.29 is 9.59 Å². The molecule has 0 aliphatic heterocycles. The normalized spacial score (nSPS) is 10.1. The molecule has 0 aromatic heterocycles. The first kappa shape index (κ1) is 18.1. The summed E-state index contributed by atoms with van der Waals surface area (Å²) in [6.45, 7) is 0.440. The Labute approximate surface area is 158 Å². The van der Waals surface area contributed by atoms with E-state index in [1.54, 1.807) is 60.5 Å². The minimum Gasteiger partial charge on any atom is -0.337 e. The predicted molar refractivity (Wildman–Crippen MR) is 103 cm³/mol. The van der Waals surface area contributed by atoms with Crippen LogP contribution in [0.5, 0.6) is 0 Å². The van der Waals surface area contributed by atoms with Gasteiger partial charge in [0.15, 0.2) is 5.78 Å². The maximum absolute atomic E-state index is 12.6. The molecule has 0 saturated carbocycles. The molecule has 132 valence electrons. The molecule has 0 N–H and O–H groups in total. The summed E-state index contributed by atoms with van der Waals surface area (Å²) in [4.78, 5) is 26.7. The van der Waals surface area contributed by atoms with Crippen molar-refractivity contribution in [2.75, 3.05) is 7.05 Å². The molecule has 4 heteroatoms. The van der Waals surface area contributed by atoms with Crippen LogP contribution in [0.25, 0.3) is 0 Å². The van der Waals surface area contributed by atoms with Gasteiger partial charge in [0.2, 0.25) is 0 Å². The van der Waals surface area contributed by atoms with Gasteiger partial charge in [-0.05, 0) is 29.8 Å². The SMILES string of the molecule is CN(Cc1ccc(C#N)cc1)C(=O)c1ccc(C(=O)c2ccccc2)cc1. The van der Waals surface area contributed by atoms with Crippen LogP contribution in [0.15, 0.2) is 78.9 Å². The summed E-state index contributed by atoms with van der Waals surface area (Å²) in [6.07, 6.45) is 0. The first-order valence-corrected chi connectivity index (χ1v) is 8.53. The molecule has 0 radical (unpaired) electrons. The smallest absolute Gasteiger partial charge is 0.253 e. The van der Waals surface area contributed by atoms with Crippen molar-refractivity contribution in [1.29, 1.82) is 5.26 Å². The lowest BCUT2D eigenvalue weighted by atomic mass is 10.0. The van der Waals surface area contributed by atoms with Gasteiger partial charge in [0, 0.05) is 30.3 Å². The van der Waals surface area contributed by atoms with E-state index in [0.717, 1.165) is 5.56 Å². The van der Waals surface area contributed by atoms with Crippen molar-refractivity contribution in [3.63, 3.8) is 0 Å². The van der Waals surface area contributed by atoms with E-state index in [-0.39, 0.29) is 11.7 Å². The summed E-state index contributed by atoms with van der Waals surface area (Å²) in [5.74, 6) is -0.196. The maximum atomic E-state index is 12.6. The van der Waals surface area contributed by atoms with Crippen molar-refractivity contribution >= 4 is 11.7 Å². The van der Waals surface area contributed by atoms with Crippen molar-refractivity contribution in [3.8, 4) is 6.07 Å². The van der Waals surface area contributed by atoms with E-state index in [1.807, 2.05) is 30.3 Å². The number of amides is 1. The van der Waals surface area contributed by atoms with E-state index in [9.17, 15) is 9.59 Å². The summed E-state index contributed by atoms with van der Waals surface area (Å²) in [7, 11) is 1.73. The van der Waals surface area contributed by atoms with Gasteiger partial charge in [-0.2, -0.15) is 5.26 Å². The van der Waals surface area contributed by atoms with E-state index in [2.05, 4.69) is 6.07 Å². The lowest BCUT2D eigenvalue weighted by molar-refractivity contribution is 0.0784. The van der Waals surface area contributed by atoms with Crippen LogP contribution >= 0.6 is 0 Å². The number of carbonyl (C=O) groups excluding carboxylic acids is 2. The third-order valence-electron chi connectivity index (χ3n) is 4.28. The van der Waals surface area contributed by atoms with E-state index in [0.29, 0.717) is 28.8 Å². The zero-order valence-electron chi connectivity index (χ0n) is 14.9. The fourth-order valence-electron chi connectivity index (χ4n) is 2.77. The van der Waals surface area contributed by atoms with Gasteiger partial charge in [0.25, 0.3) is 5.91 Å². The first-order chi connectivity index (χ1) is 13.1. The predicted octanol–water partition coefficient (Wildman–Crippen LogP) is 4.06. The van der Waals surface area contributed by atoms with Gasteiger partial charge >= 0.3 is 0 Å². The summed E-state index contributed by atoms with van der Waals surface area (Å²) in [5, 5.41) is 8.84. The second kappa shape index (κ2) is 8.11. The molecule has 3 rings (SSSR count). The molecule has 1 amide bonds. The molecule has 0 bridgehead atoms. The third kappa shape index (κ3) is 4.28. The van der Waals surface area contributed by atoms with Crippen LogP contribution in [-0.2, 0) is 6.54 Å². The Morgan fingerprint density at radius 2 is 1.37 bits per heavy atom. The second-order valence-corrected chi connectivity index (χ2v) is 6.24. The molecule has 27 heavy (non-hydrogen) atoms. The molecule has 4 nitrogen and oxygen atoms in total. The number of nitriles is 1. The number of hydrogen-bond acceptors (Lipinski definition) is 3. The monoisotopic (exact) mass is 354 g/mol. The Bertz CT molecular complexity index is 985. The topological polar surface area (TPSA) is 61.2 Å². The van der Waals surface area contributed by atoms with Crippen molar-refractivity contribution in [1.82, 2.24) is 4.90 Å². The lowest BCUT2D eigenvalue weighted by Gasteiger charge is -2.17. The molecule has 0 aliphatic carbocycles. The van der Waals surface area contributed by atoms with E-state index in [1.165, 1.54) is 0 Å². The fraction of sp³-hybridized carbons (Fsp3) is 0.0870. The van der Waals surface area contributed by atoms with Crippen molar-refractivity contribution in [3.05, 3.63) is 107 Å². The molecule has 0 fully saturated rings. The third-order valence-corrected chi connectivity index (χ3v) is 4.28. The first-order valence-electron chi connectivity index (χ1n) is 8.53. The highest BCUT2D eigenvalue weighted by Crippen LogP contribution is 2.14. The molecule has 0 aliphatic rings. The summed E-state index contributed by atoms with van der Waals surface area (Å²) < 4.78 is 0. The van der Waals surface area contributed by atoms with E-state index >= 15 is 0 Å². The van der Waals surface area contributed by atoms with Crippen molar-refractivity contribution in [2.45, 2.75) is 6.54 Å². The standard InChI is InChI=1S/C23H18N2O2/c1-25(16-18-9-7-17(15-24)8-10-18)23(27)21-13-11-20(12-14-21)22(26)19-5-3-2-4-6-19/h2-14H,16H2,1H3. The number of rotatable bonds is 5. The molecule has 0 unspecified atom stereocenters. The molecule has 0 heterocycles. The van der Waals surface area contributed by atoms with Gasteiger partial charge < -0.3 is 4.90 Å². The molecule has 0 saturated heterocycles. The van der Waals surface area contributed by atoms with Gasteiger partial charge in [-0.15, -0.1) is 0 Å².